The first kappa shape index (κ1) is 13.9. The molecule has 2 aromatic rings. The highest BCUT2D eigenvalue weighted by atomic mass is 35.5. The predicted octanol–water partition coefficient (Wildman–Crippen LogP) is 1.92. The standard InChI is InChI=1S/C12H12ClN3O2S/c1-9-4-6-14-7-10(9)8-16-19(17,18)11-3-2-5-15-12(11)13/h2-7,16H,8H2,1H3. The quantitative estimate of drug-likeness (QED) is 0.875. The van der Waals surface area contributed by atoms with E-state index in [0.29, 0.717) is 0 Å². The van der Waals surface area contributed by atoms with E-state index in [0.717, 1.165) is 11.1 Å². The molecule has 0 radical (unpaired) electrons. The van der Waals surface area contributed by atoms with Crippen LogP contribution < -0.4 is 4.72 Å². The maximum absolute atomic E-state index is 12.1. The van der Waals surface area contributed by atoms with Gasteiger partial charge in [-0.05, 0) is 36.2 Å². The highest BCUT2D eigenvalue weighted by molar-refractivity contribution is 7.89. The highest BCUT2D eigenvalue weighted by Crippen LogP contribution is 2.18. The monoisotopic (exact) mass is 297 g/mol. The molecule has 0 saturated heterocycles. The van der Waals surface area contributed by atoms with Crippen LogP contribution in [0.1, 0.15) is 11.1 Å². The van der Waals surface area contributed by atoms with Gasteiger partial charge in [0, 0.05) is 25.1 Å². The van der Waals surface area contributed by atoms with Gasteiger partial charge in [0.1, 0.15) is 10.0 Å². The molecule has 0 aliphatic rings. The van der Waals surface area contributed by atoms with Gasteiger partial charge in [0.05, 0.1) is 0 Å². The average molecular weight is 298 g/mol. The minimum atomic E-state index is -3.68. The van der Waals surface area contributed by atoms with Gasteiger partial charge in [-0.25, -0.2) is 18.1 Å². The van der Waals surface area contributed by atoms with Crippen molar-refractivity contribution in [2.24, 2.45) is 0 Å². The van der Waals surface area contributed by atoms with Gasteiger partial charge in [0.2, 0.25) is 10.0 Å². The lowest BCUT2D eigenvalue weighted by molar-refractivity contribution is 0.580. The van der Waals surface area contributed by atoms with Gasteiger partial charge < -0.3 is 0 Å². The second kappa shape index (κ2) is 5.64. The third-order valence-corrected chi connectivity index (χ3v) is 4.46. The van der Waals surface area contributed by atoms with Gasteiger partial charge in [0.25, 0.3) is 0 Å². The molecule has 1 N–H and O–H groups in total. The molecule has 0 aliphatic heterocycles. The van der Waals surface area contributed by atoms with E-state index < -0.39 is 10.0 Å². The molecule has 0 unspecified atom stereocenters. The first-order valence-electron chi connectivity index (χ1n) is 5.50. The summed E-state index contributed by atoms with van der Waals surface area (Å²) in [7, 11) is -3.68. The van der Waals surface area contributed by atoms with Crippen LogP contribution in [0.25, 0.3) is 0 Å². The van der Waals surface area contributed by atoms with Crippen LogP contribution in [0.3, 0.4) is 0 Å². The summed E-state index contributed by atoms with van der Waals surface area (Å²) in [6.45, 7) is 2.05. The van der Waals surface area contributed by atoms with Crippen LogP contribution in [-0.4, -0.2) is 18.4 Å². The summed E-state index contributed by atoms with van der Waals surface area (Å²) in [6.07, 6.45) is 4.72. The number of aryl methyl sites for hydroxylation is 1. The van der Waals surface area contributed by atoms with Gasteiger partial charge in [0.15, 0.2) is 0 Å². The topological polar surface area (TPSA) is 72.0 Å². The zero-order valence-electron chi connectivity index (χ0n) is 10.2. The van der Waals surface area contributed by atoms with Crippen LogP contribution in [0.4, 0.5) is 0 Å². The summed E-state index contributed by atoms with van der Waals surface area (Å²) in [4.78, 5) is 7.69. The van der Waals surface area contributed by atoms with Crippen molar-refractivity contribution < 1.29 is 8.42 Å². The predicted molar refractivity (Wildman–Crippen MR) is 72.2 cm³/mol. The first-order valence-corrected chi connectivity index (χ1v) is 7.36. The molecule has 2 aromatic heterocycles. The van der Waals surface area contributed by atoms with Gasteiger partial charge in [-0.3, -0.25) is 4.98 Å². The Bertz CT molecular complexity index is 689. The Morgan fingerprint density at radius 1 is 1.32 bits per heavy atom. The number of aromatic nitrogens is 2. The van der Waals surface area contributed by atoms with E-state index in [2.05, 4.69) is 14.7 Å². The van der Waals surface area contributed by atoms with Crippen molar-refractivity contribution in [1.82, 2.24) is 14.7 Å². The lowest BCUT2D eigenvalue weighted by Gasteiger charge is -2.09. The summed E-state index contributed by atoms with van der Waals surface area (Å²) < 4.78 is 26.6. The SMILES string of the molecule is Cc1ccncc1CNS(=O)(=O)c1cccnc1Cl. The molecular formula is C12H12ClN3O2S. The maximum atomic E-state index is 12.1. The fourth-order valence-corrected chi connectivity index (χ4v) is 2.96. The van der Waals surface area contributed by atoms with Crippen molar-refractivity contribution in [3.63, 3.8) is 0 Å². The van der Waals surface area contributed by atoms with Crippen molar-refractivity contribution in [2.45, 2.75) is 18.4 Å². The number of rotatable bonds is 4. The van der Waals surface area contributed by atoms with E-state index in [1.165, 1.54) is 18.3 Å². The molecule has 0 aromatic carbocycles. The van der Waals surface area contributed by atoms with Gasteiger partial charge in [-0.1, -0.05) is 11.6 Å². The Labute approximate surface area is 116 Å². The van der Waals surface area contributed by atoms with Crippen LogP contribution in [-0.2, 0) is 16.6 Å². The summed E-state index contributed by atoms with van der Waals surface area (Å²) in [5.41, 5.74) is 1.78. The third kappa shape index (κ3) is 3.28. The molecule has 0 atom stereocenters. The van der Waals surface area contributed by atoms with Gasteiger partial charge >= 0.3 is 0 Å². The first-order chi connectivity index (χ1) is 9.00. The number of nitrogens with zero attached hydrogens (tertiary/aromatic N) is 2. The minimum absolute atomic E-state index is 0.0294. The Morgan fingerprint density at radius 2 is 2.11 bits per heavy atom. The van der Waals surface area contributed by atoms with Crippen molar-refractivity contribution in [1.29, 1.82) is 0 Å². The van der Waals surface area contributed by atoms with Crippen molar-refractivity contribution in [3.8, 4) is 0 Å². The van der Waals surface area contributed by atoms with Crippen molar-refractivity contribution in [2.75, 3.05) is 0 Å². The molecule has 7 heteroatoms. The molecule has 0 spiro atoms. The van der Waals surface area contributed by atoms with E-state index in [-0.39, 0.29) is 16.6 Å². The fraction of sp³-hybridized carbons (Fsp3) is 0.167. The Kier molecular flexibility index (Phi) is 4.14. The molecule has 0 saturated carbocycles. The smallest absolute Gasteiger partial charge is 0.243 e. The zero-order chi connectivity index (χ0) is 13.9. The number of hydrogen-bond acceptors (Lipinski definition) is 4. The van der Waals surface area contributed by atoms with E-state index in [9.17, 15) is 8.42 Å². The Morgan fingerprint density at radius 3 is 2.79 bits per heavy atom. The molecule has 5 nitrogen and oxygen atoms in total. The molecule has 19 heavy (non-hydrogen) atoms. The van der Waals surface area contributed by atoms with Crippen molar-refractivity contribution >= 4 is 21.6 Å². The number of nitrogens with one attached hydrogen (secondary N) is 1. The Hall–Kier alpha value is -1.50. The van der Waals surface area contributed by atoms with Crippen LogP contribution >= 0.6 is 11.6 Å². The lowest BCUT2D eigenvalue weighted by atomic mass is 10.2. The van der Waals surface area contributed by atoms with E-state index in [1.807, 2.05) is 13.0 Å². The number of hydrogen-bond donors (Lipinski definition) is 1. The minimum Gasteiger partial charge on any atom is -0.264 e. The van der Waals surface area contributed by atoms with Gasteiger partial charge in [-0.15, -0.1) is 0 Å². The summed E-state index contributed by atoms with van der Waals surface area (Å²) in [6, 6.07) is 4.75. The van der Waals surface area contributed by atoms with Crippen LogP contribution in [0.5, 0.6) is 0 Å². The van der Waals surface area contributed by atoms with Crippen molar-refractivity contribution in [3.05, 3.63) is 53.1 Å². The second-order valence-electron chi connectivity index (χ2n) is 3.92. The lowest BCUT2D eigenvalue weighted by Crippen LogP contribution is -2.24. The second-order valence-corrected chi connectivity index (χ2v) is 6.01. The molecule has 0 aliphatic carbocycles. The van der Waals surface area contributed by atoms with Crippen LogP contribution in [0.2, 0.25) is 5.15 Å². The van der Waals surface area contributed by atoms with E-state index in [1.54, 1.807) is 12.4 Å². The number of pyridine rings is 2. The molecule has 0 fully saturated rings. The molecule has 100 valence electrons. The summed E-state index contributed by atoms with van der Waals surface area (Å²) in [5, 5.41) is -0.0436. The third-order valence-electron chi connectivity index (χ3n) is 2.61. The molecule has 2 rings (SSSR count). The molecular weight excluding hydrogens is 286 g/mol. The highest BCUT2D eigenvalue weighted by Gasteiger charge is 2.18. The van der Waals surface area contributed by atoms with E-state index in [4.69, 9.17) is 11.6 Å². The number of sulfonamides is 1. The number of halogens is 1. The zero-order valence-corrected chi connectivity index (χ0v) is 11.7. The summed E-state index contributed by atoms with van der Waals surface area (Å²) >= 11 is 5.78. The molecule has 0 bridgehead atoms. The molecule has 2 heterocycles. The molecule has 0 amide bonds. The van der Waals surface area contributed by atoms with Gasteiger partial charge in [-0.2, -0.15) is 0 Å². The normalized spacial score (nSPS) is 11.5. The van der Waals surface area contributed by atoms with Crippen LogP contribution in [0, 0.1) is 6.92 Å². The largest absolute Gasteiger partial charge is 0.264 e. The van der Waals surface area contributed by atoms with Crippen LogP contribution in [0.15, 0.2) is 41.7 Å². The fourth-order valence-electron chi connectivity index (χ4n) is 1.50. The summed E-state index contributed by atoms with van der Waals surface area (Å²) in [5.74, 6) is 0. The van der Waals surface area contributed by atoms with E-state index >= 15 is 0 Å². The maximum Gasteiger partial charge on any atom is 0.243 e. The Balaban J connectivity index is 2.20. The average Bonchev–Trinajstić information content (AvgIpc) is 2.38.